The third kappa shape index (κ3) is 2.19. The van der Waals surface area contributed by atoms with Crippen molar-refractivity contribution in [3.8, 4) is 0 Å². The second kappa shape index (κ2) is 5.11. The number of benzene rings is 1. The number of allylic oxidation sites excluding steroid dienone is 2. The standard InChI is InChI=1S/C15H12BrNO4/c16-11-6-5-8(15(20)21)7-12(11)17-13(18)9-3-1-2-4-10(9)14(17)19/h1-2,5-7,9-10H,3-4H2,(H,20,21)/t9-,10-/m0/s1. The third-order valence-electron chi connectivity index (χ3n) is 3.94. The molecule has 1 saturated heterocycles. The molecule has 1 aromatic carbocycles. The number of nitrogens with zero attached hydrogens (tertiary/aromatic N) is 1. The van der Waals surface area contributed by atoms with Gasteiger partial charge in [-0.3, -0.25) is 9.59 Å². The maximum atomic E-state index is 12.5. The normalized spacial score (nSPS) is 24.3. The number of hydrogen-bond donors (Lipinski definition) is 1. The molecule has 1 N–H and O–H groups in total. The summed E-state index contributed by atoms with van der Waals surface area (Å²) in [4.78, 5) is 37.2. The minimum absolute atomic E-state index is 0.0433. The summed E-state index contributed by atoms with van der Waals surface area (Å²) in [7, 11) is 0. The van der Waals surface area contributed by atoms with E-state index >= 15 is 0 Å². The van der Waals surface area contributed by atoms with Crippen LogP contribution in [0.1, 0.15) is 23.2 Å². The van der Waals surface area contributed by atoms with E-state index in [0.717, 1.165) is 4.90 Å². The fraction of sp³-hybridized carbons (Fsp3) is 0.267. The summed E-state index contributed by atoms with van der Waals surface area (Å²) in [6.45, 7) is 0. The molecule has 3 rings (SSSR count). The van der Waals surface area contributed by atoms with E-state index < -0.39 is 5.97 Å². The number of fused-ring (bicyclic) bond motifs is 1. The average molecular weight is 350 g/mol. The van der Waals surface area contributed by atoms with Crippen LogP contribution < -0.4 is 4.90 Å². The first-order valence-corrected chi connectivity index (χ1v) is 7.35. The highest BCUT2D eigenvalue weighted by atomic mass is 79.9. The predicted molar refractivity (Wildman–Crippen MR) is 78.9 cm³/mol. The lowest BCUT2D eigenvalue weighted by Gasteiger charge is -2.17. The van der Waals surface area contributed by atoms with Crippen molar-refractivity contribution in [2.45, 2.75) is 12.8 Å². The third-order valence-corrected chi connectivity index (χ3v) is 4.61. The molecule has 2 aliphatic rings. The van der Waals surface area contributed by atoms with Crippen LogP contribution in [0.5, 0.6) is 0 Å². The van der Waals surface area contributed by atoms with E-state index in [2.05, 4.69) is 15.9 Å². The predicted octanol–water partition coefficient (Wildman–Crippen LogP) is 2.60. The van der Waals surface area contributed by atoms with Gasteiger partial charge in [0, 0.05) is 4.47 Å². The van der Waals surface area contributed by atoms with Gasteiger partial charge < -0.3 is 5.11 Å². The summed E-state index contributed by atoms with van der Waals surface area (Å²) in [6.07, 6.45) is 4.95. The molecule has 2 amide bonds. The van der Waals surface area contributed by atoms with Crippen molar-refractivity contribution in [1.82, 2.24) is 0 Å². The maximum absolute atomic E-state index is 12.5. The molecule has 5 nitrogen and oxygen atoms in total. The summed E-state index contributed by atoms with van der Waals surface area (Å²) < 4.78 is 0.529. The van der Waals surface area contributed by atoms with Crippen LogP contribution in [0.3, 0.4) is 0 Å². The van der Waals surface area contributed by atoms with Crippen LogP contribution in [0.15, 0.2) is 34.8 Å². The molecular formula is C15H12BrNO4. The molecule has 0 bridgehead atoms. The van der Waals surface area contributed by atoms with Gasteiger partial charge in [0.15, 0.2) is 0 Å². The molecule has 108 valence electrons. The maximum Gasteiger partial charge on any atom is 0.335 e. The van der Waals surface area contributed by atoms with E-state index in [9.17, 15) is 14.4 Å². The van der Waals surface area contributed by atoms with E-state index in [1.165, 1.54) is 12.1 Å². The average Bonchev–Trinajstić information content (AvgIpc) is 2.72. The van der Waals surface area contributed by atoms with Crippen LogP contribution in [0.25, 0.3) is 0 Å². The Kier molecular flexibility index (Phi) is 3.41. The minimum atomic E-state index is -1.10. The number of carboxylic acids is 1. The van der Waals surface area contributed by atoms with Crippen molar-refractivity contribution in [3.05, 3.63) is 40.4 Å². The largest absolute Gasteiger partial charge is 0.478 e. The van der Waals surface area contributed by atoms with E-state index in [1.54, 1.807) is 6.07 Å². The van der Waals surface area contributed by atoms with Crippen LogP contribution in [0, 0.1) is 11.8 Å². The lowest BCUT2D eigenvalue weighted by molar-refractivity contribution is -0.122. The molecule has 1 fully saturated rings. The molecule has 0 saturated carbocycles. The number of carbonyl (C=O) groups excluding carboxylic acids is 2. The van der Waals surface area contributed by atoms with Crippen molar-refractivity contribution in [2.24, 2.45) is 11.8 Å². The molecule has 1 aliphatic carbocycles. The zero-order valence-corrected chi connectivity index (χ0v) is 12.5. The molecule has 6 heteroatoms. The second-order valence-electron chi connectivity index (χ2n) is 5.14. The Balaban J connectivity index is 2.05. The number of hydrogen-bond acceptors (Lipinski definition) is 3. The molecule has 0 radical (unpaired) electrons. The number of halogens is 1. The number of carboxylic acid groups (broad SMARTS) is 1. The highest BCUT2D eigenvalue weighted by molar-refractivity contribution is 9.10. The van der Waals surface area contributed by atoms with Crippen molar-refractivity contribution >= 4 is 39.4 Å². The minimum Gasteiger partial charge on any atom is -0.478 e. The van der Waals surface area contributed by atoms with Crippen LogP contribution in [-0.2, 0) is 9.59 Å². The van der Waals surface area contributed by atoms with Gasteiger partial charge >= 0.3 is 5.97 Å². The van der Waals surface area contributed by atoms with Gasteiger partial charge in [-0.1, -0.05) is 12.2 Å². The van der Waals surface area contributed by atoms with Crippen LogP contribution >= 0.6 is 15.9 Å². The number of amides is 2. The Morgan fingerprint density at radius 3 is 2.24 bits per heavy atom. The summed E-state index contributed by atoms with van der Waals surface area (Å²) >= 11 is 3.29. The lowest BCUT2D eigenvalue weighted by Crippen LogP contribution is -2.31. The second-order valence-corrected chi connectivity index (χ2v) is 5.99. The first kappa shape index (κ1) is 14.0. The zero-order valence-electron chi connectivity index (χ0n) is 11.0. The molecule has 21 heavy (non-hydrogen) atoms. The highest BCUT2D eigenvalue weighted by Gasteiger charge is 2.48. The van der Waals surface area contributed by atoms with Gasteiger partial charge in [-0.05, 0) is 47.0 Å². The van der Waals surface area contributed by atoms with Crippen molar-refractivity contribution in [1.29, 1.82) is 0 Å². The highest BCUT2D eigenvalue weighted by Crippen LogP contribution is 2.40. The van der Waals surface area contributed by atoms with Crippen molar-refractivity contribution < 1.29 is 19.5 Å². The van der Waals surface area contributed by atoms with Gasteiger partial charge in [0.25, 0.3) is 0 Å². The quantitative estimate of drug-likeness (QED) is 0.657. The molecule has 0 aromatic heterocycles. The number of carbonyl (C=O) groups is 3. The van der Waals surface area contributed by atoms with Crippen molar-refractivity contribution in [2.75, 3.05) is 4.90 Å². The topological polar surface area (TPSA) is 74.7 Å². The van der Waals surface area contributed by atoms with Gasteiger partial charge in [0.1, 0.15) is 0 Å². The molecule has 2 atom stereocenters. The Bertz CT molecular complexity index is 656. The van der Waals surface area contributed by atoms with E-state index in [-0.39, 0.29) is 29.2 Å². The summed E-state index contributed by atoms with van der Waals surface area (Å²) in [5.41, 5.74) is 0.348. The van der Waals surface area contributed by atoms with Gasteiger partial charge in [-0.15, -0.1) is 0 Å². The Hall–Kier alpha value is -1.95. The molecule has 0 unspecified atom stereocenters. The molecule has 1 heterocycles. The van der Waals surface area contributed by atoms with Gasteiger partial charge in [-0.2, -0.15) is 0 Å². The fourth-order valence-corrected chi connectivity index (χ4v) is 3.28. The first-order valence-electron chi connectivity index (χ1n) is 6.56. The smallest absolute Gasteiger partial charge is 0.335 e. The Morgan fingerprint density at radius 2 is 1.71 bits per heavy atom. The Labute approximate surface area is 129 Å². The first-order chi connectivity index (χ1) is 10.0. The van der Waals surface area contributed by atoms with Gasteiger partial charge in [0.05, 0.1) is 23.1 Å². The van der Waals surface area contributed by atoms with Gasteiger partial charge in [0.2, 0.25) is 11.8 Å². The number of imide groups is 1. The lowest BCUT2D eigenvalue weighted by atomic mass is 9.85. The van der Waals surface area contributed by atoms with Crippen LogP contribution in [-0.4, -0.2) is 22.9 Å². The summed E-state index contributed by atoms with van der Waals surface area (Å²) in [6, 6.07) is 4.32. The number of anilines is 1. The Morgan fingerprint density at radius 1 is 1.14 bits per heavy atom. The monoisotopic (exact) mass is 349 g/mol. The van der Waals surface area contributed by atoms with Crippen LogP contribution in [0.2, 0.25) is 0 Å². The van der Waals surface area contributed by atoms with Crippen molar-refractivity contribution in [3.63, 3.8) is 0 Å². The number of aromatic carboxylic acids is 1. The number of rotatable bonds is 2. The molecule has 1 aromatic rings. The fourth-order valence-electron chi connectivity index (χ4n) is 2.85. The van der Waals surface area contributed by atoms with Gasteiger partial charge in [-0.25, -0.2) is 9.69 Å². The molecular weight excluding hydrogens is 338 g/mol. The van der Waals surface area contributed by atoms with E-state index in [4.69, 9.17) is 5.11 Å². The molecule has 0 spiro atoms. The SMILES string of the molecule is O=C(O)c1ccc(Br)c(N2C(=O)[C@H]3CC=CC[C@@H]3C2=O)c1. The molecule has 1 aliphatic heterocycles. The van der Waals surface area contributed by atoms with E-state index in [0.29, 0.717) is 23.0 Å². The van der Waals surface area contributed by atoms with E-state index in [1.807, 2.05) is 12.2 Å². The summed E-state index contributed by atoms with van der Waals surface area (Å²) in [5, 5.41) is 9.07. The zero-order chi connectivity index (χ0) is 15.1. The van der Waals surface area contributed by atoms with Crippen LogP contribution in [0.4, 0.5) is 5.69 Å². The summed E-state index contributed by atoms with van der Waals surface area (Å²) in [5.74, 6) is -2.26.